The van der Waals surface area contributed by atoms with Gasteiger partial charge in [-0.3, -0.25) is 9.59 Å². The summed E-state index contributed by atoms with van der Waals surface area (Å²) < 4.78 is 0. The third kappa shape index (κ3) is 5.99. The van der Waals surface area contributed by atoms with Gasteiger partial charge in [0, 0.05) is 17.6 Å². The molecule has 4 nitrogen and oxygen atoms in total. The lowest BCUT2D eigenvalue weighted by atomic mass is 9.87. The van der Waals surface area contributed by atoms with Gasteiger partial charge in [0.15, 0.2) is 0 Å². The maximum absolute atomic E-state index is 13.4. The highest BCUT2D eigenvalue weighted by Gasteiger charge is 2.33. The topological polar surface area (TPSA) is 49.4 Å². The number of benzene rings is 2. The van der Waals surface area contributed by atoms with Gasteiger partial charge in [-0.05, 0) is 54.9 Å². The van der Waals surface area contributed by atoms with Crippen molar-refractivity contribution in [1.82, 2.24) is 10.2 Å². The van der Waals surface area contributed by atoms with Crippen molar-refractivity contribution >= 4 is 35.0 Å². The Kier molecular flexibility index (Phi) is 8.17. The van der Waals surface area contributed by atoms with Gasteiger partial charge in [0.2, 0.25) is 11.8 Å². The molecule has 0 unspecified atom stereocenters. The van der Waals surface area contributed by atoms with Crippen LogP contribution in [0.3, 0.4) is 0 Å². The van der Waals surface area contributed by atoms with Crippen LogP contribution in [0.15, 0.2) is 54.6 Å². The summed E-state index contributed by atoms with van der Waals surface area (Å²) in [6.45, 7) is 2.55. The van der Waals surface area contributed by atoms with Crippen LogP contribution in [0.25, 0.3) is 0 Å². The molecule has 1 fully saturated rings. The minimum atomic E-state index is -0.770. The van der Waals surface area contributed by atoms with E-state index in [0.717, 1.165) is 36.8 Å². The summed E-state index contributed by atoms with van der Waals surface area (Å²) in [7, 11) is 0. The van der Waals surface area contributed by atoms with E-state index >= 15 is 0 Å². The monoisotopic (exact) mass is 446 g/mol. The molecule has 0 aliphatic heterocycles. The normalized spacial score (nSPS) is 19.7. The lowest BCUT2D eigenvalue weighted by molar-refractivity contribution is -0.140. The minimum absolute atomic E-state index is 0.133. The quantitative estimate of drug-likeness (QED) is 0.583. The Morgan fingerprint density at radius 1 is 1.03 bits per heavy atom. The standard InChI is InChI=1S/C24H28Cl2N2O2/c1-17-7-13-21(14-8-17)27-24(30)23(19-9-11-20(26)12-10-19)28(22(29)15-25)16-18-5-3-2-4-6-18/h2-6,9-12,17,21,23H,7-8,13-16H2,1H3,(H,27,30)/t17?,21?,23-/m0/s1. The maximum atomic E-state index is 13.4. The molecule has 0 radical (unpaired) electrons. The number of nitrogens with zero attached hydrogens (tertiary/aromatic N) is 1. The Balaban J connectivity index is 1.90. The molecule has 160 valence electrons. The Morgan fingerprint density at radius 3 is 2.27 bits per heavy atom. The number of alkyl halides is 1. The zero-order valence-electron chi connectivity index (χ0n) is 17.2. The average Bonchev–Trinajstić information content (AvgIpc) is 2.76. The van der Waals surface area contributed by atoms with E-state index in [-0.39, 0.29) is 23.7 Å². The summed E-state index contributed by atoms with van der Waals surface area (Å²) in [5, 5.41) is 3.77. The zero-order chi connectivity index (χ0) is 21.5. The second-order valence-electron chi connectivity index (χ2n) is 8.06. The van der Waals surface area contributed by atoms with Crippen LogP contribution in [-0.4, -0.2) is 28.6 Å². The van der Waals surface area contributed by atoms with E-state index in [1.54, 1.807) is 29.2 Å². The SMILES string of the molecule is CC1CCC(NC(=O)[C@H](c2ccc(Cl)cc2)N(Cc2ccccc2)C(=O)CCl)CC1. The van der Waals surface area contributed by atoms with Crippen molar-refractivity contribution in [3.05, 3.63) is 70.7 Å². The van der Waals surface area contributed by atoms with Gasteiger partial charge in [0.1, 0.15) is 11.9 Å². The number of carbonyl (C=O) groups excluding carboxylic acids is 2. The van der Waals surface area contributed by atoms with Crippen molar-refractivity contribution in [2.75, 3.05) is 5.88 Å². The van der Waals surface area contributed by atoms with Crippen molar-refractivity contribution < 1.29 is 9.59 Å². The van der Waals surface area contributed by atoms with Gasteiger partial charge < -0.3 is 10.2 Å². The third-order valence-corrected chi connectivity index (χ3v) is 6.22. The molecule has 1 saturated carbocycles. The molecule has 0 saturated heterocycles. The summed E-state index contributed by atoms with van der Waals surface area (Å²) in [5.41, 5.74) is 1.66. The van der Waals surface area contributed by atoms with Gasteiger partial charge in [-0.2, -0.15) is 0 Å². The van der Waals surface area contributed by atoms with Crippen LogP contribution in [-0.2, 0) is 16.1 Å². The van der Waals surface area contributed by atoms with Crippen LogP contribution < -0.4 is 5.32 Å². The van der Waals surface area contributed by atoms with Crippen LogP contribution in [0.4, 0.5) is 0 Å². The Bertz CT molecular complexity index is 834. The van der Waals surface area contributed by atoms with Crippen molar-refractivity contribution in [3.63, 3.8) is 0 Å². The van der Waals surface area contributed by atoms with E-state index in [0.29, 0.717) is 17.5 Å². The number of nitrogens with one attached hydrogen (secondary N) is 1. The molecule has 1 atom stereocenters. The Hall–Kier alpha value is -2.04. The molecule has 2 amide bonds. The molecule has 2 aromatic rings. The van der Waals surface area contributed by atoms with E-state index in [1.165, 1.54) is 0 Å². The molecular weight excluding hydrogens is 419 g/mol. The molecule has 1 aliphatic carbocycles. The fourth-order valence-corrected chi connectivity index (χ4v) is 4.26. The summed E-state index contributed by atoms with van der Waals surface area (Å²) in [5.74, 6) is 0.0438. The number of hydrogen-bond acceptors (Lipinski definition) is 2. The van der Waals surface area contributed by atoms with Crippen LogP contribution in [0.2, 0.25) is 5.02 Å². The lowest BCUT2D eigenvalue weighted by Crippen LogP contribution is -2.47. The third-order valence-electron chi connectivity index (χ3n) is 5.74. The van der Waals surface area contributed by atoms with Crippen LogP contribution in [0, 0.1) is 5.92 Å². The summed E-state index contributed by atoms with van der Waals surface area (Å²) in [4.78, 5) is 27.8. The Morgan fingerprint density at radius 2 is 1.67 bits per heavy atom. The lowest BCUT2D eigenvalue weighted by Gasteiger charge is -2.34. The first kappa shape index (κ1) is 22.6. The number of rotatable bonds is 7. The van der Waals surface area contributed by atoms with Crippen LogP contribution in [0.5, 0.6) is 0 Å². The molecule has 6 heteroatoms. The second-order valence-corrected chi connectivity index (χ2v) is 8.76. The molecular formula is C24H28Cl2N2O2. The van der Waals surface area contributed by atoms with Gasteiger partial charge in [-0.1, -0.05) is 61.0 Å². The van der Waals surface area contributed by atoms with E-state index in [9.17, 15) is 9.59 Å². The Labute approximate surface area is 188 Å². The van der Waals surface area contributed by atoms with Gasteiger partial charge in [0.25, 0.3) is 0 Å². The van der Waals surface area contributed by atoms with Crippen molar-refractivity contribution in [2.24, 2.45) is 5.92 Å². The first-order valence-corrected chi connectivity index (χ1v) is 11.3. The molecule has 30 heavy (non-hydrogen) atoms. The number of halogens is 2. The van der Waals surface area contributed by atoms with E-state index in [1.807, 2.05) is 30.3 Å². The first-order valence-electron chi connectivity index (χ1n) is 10.4. The highest BCUT2D eigenvalue weighted by atomic mass is 35.5. The van der Waals surface area contributed by atoms with Crippen molar-refractivity contribution in [3.8, 4) is 0 Å². The van der Waals surface area contributed by atoms with E-state index < -0.39 is 6.04 Å². The molecule has 0 bridgehead atoms. The van der Waals surface area contributed by atoms with E-state index in [4.69, 9.17) is 23.2 Å². The molecule has 3 rings (SSSR count). The molecule has 1 N–H and O–H groups in total. The smallest absolute Gasteiger partial charge is 0.247 e. The molecule has 0 aromatic heterocycles. The molecule has 0 spiro atoms. The van der Waals surface area contributed by atoms with Crippen LogP contribution in [0.1, 0.15) is 49.8 Å². The van der Waals surface area contributed by atoms with Crippen LogP contribution >= 0.6 is 23.2 Å². The first-order chi connectivity index (χ1) is 14.5. The van der Waals surface area contributed by atoms with Gasteiger partial charge in [-0.25, -0.2) is 0 Å². The summed E-state index contributed by atoms with van der Waals surface area (Å²) in [6.07, 6.45) is 4.13. The average molecular weight is 447 g/mol. The van der Waals surface area contributed by atoms with Gasteiger partial charge in [-0.15, -0.1) is 11.6 Å². The van der Waals surface area contributed by atoms with Crippen molar-refractivity contribution in [1.29, 1.82) is 0 Å². The molecule has 0 heterocycles. The molecule has 1 aliphatic rings. The van der Waals surface area contributed by atoms with Gasteiger partial charge >= 0.3 is 0 Å². The zero-order valence-corrected chi connectivity index (χ0v) is 18.7. The summed E-state index contributed by atoms with van der Waals surface area (Å²) in [6, 6.07) is 16.1. The second kappa shape index (κ2) is 10.8. The maximum Gasteiger partial charge on any atom is 0.247 e. The highest BCUT2D eigenvalue weighted by Crippen LogP contribution is 2.28. The van der Waals surface area contributed by atoms with Crippen molar-refractivity contribution in [2.45, 2.75) is 51.2 Å². The predicted molar refractivity (Wildman–Crippen MR) is 121 cm³/mol. The summed E-state index contributed by atoms with van der Waals surface area (Å²) >= 11 is 12.0. The van der Waals surface area contributed by atoms with E-state index in [2.05, 4.69) is 12.2 Å². The number of hydrogen-bond donors (Lipinski definition) is 1. The number of amides is 2. The fraction of sp³-hybridized carbons (Fsp3) is 0.417. The highest BCUT2D eigenvalue weighted by molar-refractivity contribution is 6.30. The number of carbonyl (C=O) groups is 2. The minimum Gasteiger partial charge on any atom is -0.351 e. The largest absolute Gasteiger partial charge is 0.351 e. The predicted octanol–water partition coefficient (Wildman–Crippen LogP) is 5.34. The molecule has 2 aromatic carbocycles. The fourth-order valence-electron chi connectivity index (χ4n) is 3.98. The van der Waals surface area contributed by atoms with Gasteiger partial charge in [0.05, 0.1) is 0 Å².